The number of allylic oxidation sites excluding steroid dienone is 1. The third kappa shape index (κ3) is 6.63. The van der Waals surface area contributed by atoms with Crippen LogP contribution in [0.4, 0.5) is 0 Å². The van der Waals surface area contributed by atoms with Crippen molar-refractivity contribution in [3.8, 4) is 5.75 Å². The molecule has 1 aliphatic carbocycles. The Kier molecular flexibility index (Phi) is 8.16. The van der Waals surface area contributed by atoms with E-state index >= 15 is 0 Å². The highest BCUT2D eigenvalue weighted by atomic mass is 32.2. The third-order valence-corrected chi connectivity index (χ3v) is 5.98. The van der Waals surface area contributed by atoms with Crippen LogP contribution in [0.3, 0.4) is 0 Å². The summed E-state index contributed by atoms with van der Waals surface area (Å²) in [4.78, 5) is 12.4. The average Bonchev–Trinajstić information content (AvgIpc) is 2.90. The molecule has 0 spiro atoms. The number of carbonyl (C=O) groups excluding carboxylic acids is 1. The van der Waals surface area contributed by atoms with Gasteiger partial charge in [-0.05, 0) is 37.5 Å². The van der Waals surface area contributed by atoms with Crippen LogP contribution >= 0.6 is 11.8 Å². The average molecular weight is 415 g/mol. The minimum atomic E-state index is 0.0626. The number of nitrogens with one attached hydrogen (secondary N) is 1. The highest BCUT2D eigenvalue weighted by Gasteiger charge is 2.17. The van der Waals surface area contributed by atoms with Gasteiger partial charge >= 0.3 is 0 Å². The monoisotopic (exact) mass is 414 g/mol. The molecule has 156 valence electrons. The lowest BCUT2D eigenvalue weighted by molar-refractivity contribution is -0.119. The number of benzene rings is 1. The van der Waals surface area contributed by atoms with Crippen LogP contribution in [0, 0.1) is 6.92 Å². The molecule has 0 atom stereocenters. The van der Waals surface area contributed by atoms with Crippen molar-refractivity contribution in [2.75, 3.05) is 5.75 Å². The largest absolute Gasteiger partial charge is 0.486 e. The van der Waals surface area contributed by atoms with Crippen LogP contribution in [0.2, 0.25) is 0 Å². The molecule has 0 aliphatic heterocycles. The second-order valence-corrected chi connectivity index (χ2v) is 8.39. The lowest BCUT2D eigenvalue weighted by Crippen LogP contribution is -2.35. The lowest BCUT2D eigenvalue weighted by atomic mass is 10.1. The zero-order valence-electron chi connectivity index (χ0n) is 17.1. The maximum Gasteiger partial charge on any atom is 0.230 e. The molecule has 1 aromatic carbocycles. The minimum absolute atomic E-state index is 0.0626. The van der Waals surface area contributed by atoms with Crippen molar-refractivity contribution >= 4 is 17.7 Å². The Morgan fingerprint density at radius 2 is 2.10 bits per heavy atom. The summed E-state index contributed by atoms with van der Waals surface area (Å²) in [6, 6.07) is 8.22. The fourth-order valence-corrected chi connectivity index (χ4v) is 4.30. The van der Waals surface area contributed by atoms with E-state index in [0.29, 0.717) is 30.1 Å². The van der Waals surface area contributed by atoms with Crippen molar-refractivity contribution in [2.24, 2.45) is 0 Å². The van der Waals surface area contributed by atoms with E-state index in [1.807, 2.05) is 35.8 Å². The van der Waals surface area contributed by atoms with Gasteiger partial charge in [0, 0.05) is 12.6 Å². The molecule has 1 N–H and O–H groups in total. The Balaban J connectivity index is 1.56. The minimum Gasteiger partial charge on any atom is -0.486 e. The maximum absolute atomic E-state index is 12.4. The number of aryl methyl sites for hydroxylation is 1. The molecule has 1 heterocycles. The molecule has 0 bridgehead atoms. The Morgan fingerprint density at radius 1 is 1.31 bits per heavy atom. The fraction of sp³-hybridized carbons (Fsp3) is 0.500. The topological polar surface area (TPSA) is 69.0 Å². The summed E-state index contributed by atoms with van der Waals surface area (Å²) in [5.41, 5.74) is 1.14. The van der Waals surface area contributed by atoms with E-state index < -0.39 is 0 Å². The summed E-state index contributed by atoms with van der Waals surface area (Å²) in [5.74, 6) is 1.92. The number of carbonyl (C=O) groups is 1. The highest BCUT2D eigenvalue weighted by molar-refractivity contribution is 7.99. The summed E-state index contributed by atoms with van der Waals surface area (Å²) in [6.07, 6.45) is 8.94. The predicted molar refractivity (Wildman–Crippen MR) is 116 cm³/mol. The van der Waals surface area contributed by atoms with Crippen LogP contribution in [0.1, 0.15) is 49.9 Å². The first-order chi connectivity index (χ1) is 14.2. The third-order valence-electron chi connectivity index (χ3n) is 5.02. The van der Waals surface area contributed by atoms with Gasteiger partial charge in [0.1, 0.15) is 12.4 Å². The number of hydrogen-bond donors (Lipinski definition) is 1. The Bertz CT molecular complexity index is 813. The molecule has 1 fully saturated rings. The molecule has 6 nitrogen and oxygen atoms in total. The number of hydrogen-bond acceptors (Lipinski definition) is 5. The van der Waals surface area contributed by atoms with Crippen molar-refractivity contribution in [3.05, 3.63) is 48.3 Å². The van der Waals surface area contributed by atoms with Crippen molar-refractivity contribution in [3.63, 3.8) is 0 Å². The van der Waals surface area contributed by atoms with Gasteiger partial charge in [-0.1, -0.05) is 55.7 Å². The van der Waals surface area contributed by atoms with Gasteiger partial charge in [-0.15, -0.1) is 16.8 Å². The van der Waals surface area contributed by atoms with E-state index in [0.717, 1.165) is 30.0 Å². The van der Waals surface area contributed by atoms with E-state index in [4.69, 9.17) is 4.74 Å². The van der Waals surface area contributed by atoms with Crippen LogP contribution in [0.25, 0.3) is 0 Å². The van der Waals surface area contributed by atoms with Gasteiger partial charge in [0.25, 0.3) is 0 Å². The van der Waals surface area contributed by atoms with Crippen molar-refractivity contribution in [2.45, 2.75) is 69.8 Å². The molecule has 29 heavy (non-hydrogen) atoms. The molecule has 1 aromatic heterocycles. The molecule has 1 amide bonds. The first-order valence-corrected chi connectivity index (χ1v) is 11.3. The van der Waals surface area contributed by atoms with E-state index in [9.17, 15) is 4.79 Å². The normalized spacial score (nSPS) is 14.9. The molecular formula is C22H30N4O2S. The lowest BCUT2D eigenvalue weighted by Gasteiger charge is -2.16. The number of thioether (sulfide) groups is 1. The SMILES string of the molecule is C=CCn1c(COc2cccc(C)c2)nnc1SCC(=O)NC1CCCCCC1. The summed E-state index contributed by atoms with van der Waals surface area (Å²) < 4.78 is 7.82. The highest BCUT2D eigenvalue weighted by Crippen LogP contribution is 2.21. The quantitative estimate of drug-likeness (QED) is 0.377. The van der Waals surface area contributed by atoms with E-state index in [1.165, 1.54) is 37.4 Å². The molecule has 1 aliphatic rings. The van der Waals surface area contributed by atoms with Gasteiger partial charge in [0.15, 0.2) is 11.0 Å². The number of nitrogens with zero attached hydrogens (tertiary/aromatic N) is 3. The van der Waals surface area contributed by atoms with Crippen LogP contribution in [0.5, 0.6) is 5.75 Å². The van der Waals surface area contributed by atoms with Gasteiger partial charge in [0.2, 0.25) is 5.91 Å². The second-order valence-electron chi connectivity index (χ2n) is 7.45. The predicted octanol–water partition coefficient (Wildman–Crippen LogP) is 4.28. The maximum atomic E-state index is 12.4. The molecular weight excluding hydrogens is 384 g/mol. The van der Waals surface area contributed by atoms with Crippen molar-refractivity contribution < 1.29 is 9.53 Å². The number of rotatable bonds is 9. The van der Waals surface area contributed by atoms with Crippen LogP contribution in [-0.4, -0.2) is 32.5 Å². The van der Waals surface area contributed by atoms with Gasteiger partial charge in [-0.2, -0.15) is 0 Å². The molecule has 1 saturated carbocycles. The van der Waals surface area contributed by atoms with E-state index in [2.05, 4.69) is 22.1 Å². The van der Waals surface area contributed by atoms with Crippen LogP contribution in [-0.2, 0) is 17.9 Å². The molecule has 0 unspecified atom stereocenters. The molecule has 7 heteroatoms. The summed E-state index contributed by atoms with van der Waals surface area (Å²) in [7, 11) is 0. The molecule has 0 radical (unpaired) electrons. The first-order valence-electron chi connectivity index (χ1n) is 10.3. The second kappa shape index (κ2) is 11.0. The van der Waals surface area contributed by atoms with Crippen LogP contribution < -0.4 is 10.1 Å². The zero-order chi connectivity index (χ0) is 20.5. The Labute approximate surface area is 177 Å². The Hall–Kier alpha value is -2.28. The van der Waals surface area contributed by atoms with Gasteiger partial charge < -0.3 is 10.1 Å². The standard InChI is InChI=1S/C22H30N4O2S/c1-3-13-26-20(15-28-19-12-8-9-17(2)14-19)24-25-22(26)29-16-21(27)23-18-10-6-4-5-7-11-18/h3,8-9,12,14,18H,1,4-7,10-11,13,15-16H2,2H3,(H,23,27). The van der Waals surface area contributed by atoms with E-state index in [1.54, 1.807) is 6.08 Å². The molecule has 3 rings (SSSR count). The molecule has 2 aromatic rings. The Morgan fingerprint density at radius 3 is 2.83 bits per heavy atom. The zero-order valence-corrected chi connectivity index (χ0v) is 17.9. The van der Waals surface area contributed by atoms with Gasteiger partial charge in [0.05, 0.1) is 5.75 Å². The van der Waals surface area contributed by atoms with Gasteiger partial charge in [-0.3, -0.25) is 9.36 Å². The smallest absolute Gasteiger partial charge is 0.230 e. The fourth-order valence-electron chi connectivity index (χ4n) is 3.52. The summed E-state index contributed by atoms with van der Waals surface area (Å²) >= 11 is 1.41. The summed E-state index contributed by atoms with van der Waals surface area (Å²) in [5, 5.41) is 12.4. The van der Waals surface area contributed by atoms with E-state index in [-0.39, 0.29) is 5.91 Å². The molecule has 0 saturated heterocycles. The number of amides is 1. The number of ether oxygens (including phenoxy) is 1. The number of aromatic nitrogens is 3. The van der Waals surface area contributed by atoms with Crippen molar-refractivity contribution in [1.82, 2.24) is 20.1 Å². The van der Waals surface area contributed by atoms with Crippen molar-refractivity contribution in [1.29, 1.82) is 0 Å². The van der Waals surface area contributed by atoms with Gasteiger partial charge in [-0.25, -0.2) is 0 Å². The van der Waals surface area contributed by atoms with Crippen LogP contribution in [0.15, 0.2) is 42.1 Å². The summed E-state index contributed by atoms with van der Waals surface area (Å²) in [6.45, 7) is 6.75. The first kappa shape index (κ1) is 21.4.